The smallest absolute Gasteiger partial charge is 0.270 e. The van der Waals surface area contributed by atoms with Crippen molar-refractivity contribution in [1.29, 1.82) is 0 Å². The number of hydrogen-bond donors (Lipinski definition) is 0. The van der Waals surface area contributed by atoms with Gasteiger partial charge in [-0.3, -0.25) is 20.2 Å². The van der Waals surface area contributed by atoms with Crippen LogP contribution < -0.4 is 28.7 Å². The van der Waals surface area contributed by atoms with E-state index in [1.807, 2.05) is 57.0 Å². The topological polar surface area (TPSA) is 230 Å². The molecule has 0 saturated carbocycles. The van der Waals surface area contributed by atoms with E-state index in [1.54, 1.807) is 28.4 Å². The average molecular weight is 981 g/mol. The van der Waals surface area contributed by atoms with Crippen LogP contribution in [-0.2, 0) is 20.0 Å². The molecule has 0 aliphatic carbocycles. The molecule has 0 unspecified atom stereocenters. The predicted molar refractivity (Wildman–Crippen MR) is 249 cm³/mol. The molecule has 6 aromatic rings. The van der Waals surface area contributed by atoms with E-state index < -0.39 is 29.9 Å². The summed E-state index contributed by atoms with van der Waals surface area (Å²) in [7, 11) is -1.29. The Bertz CT molecular complexity index is 2930. The largest absolute Gasteiger partial charge is 0.497 e. The third kappa shape index (κ3) is 10.3. The van der Waals surface area contributed by atoms with Crippen molar-refractivity contribution in [1.82, 2.24) is 18.6 Å². The van der Waals surface area contributed by atoms with Crippen LogP contribution in [0.15, 0.2) is 105 Å². The highest BCUT2D eigenvalue weighted by Gasteiger charge is 2.32. The molecule has 0 bridgehead atoms. The van der Waals surface area contributed by atoms with Gasteiger partial charge in [0.05, 0.1) is 59.5 Å². The van der Waals surface area contributed by atoms with Crippen LogP contribution in [0.2, 0.25) is 0 Å². The Morgan fingerprint density at radius 1 is 0.545 bits per heavy atom. The van der Waals surface area contributed by atoms with Gasteiger partial charge in [-0.15, -0.1) is 22.7 Å². The molecule has 8 rings (SSSR count). The third-order valence-electron chi connectivity index (χ3n) is 10.7. The Morgan fingerprint density at radius 2 is 1.02 bits per heavy atom. The first kappa shape index (κ1) is 47.5. The second-order valence-electron chi connectivity index (χ2n) is 14.5. The molecule has 0 atom stereocenters. The Labute approximate surface area is 388 Å². The van der Waals surface area contributed by atoms with Gasteiger partial charge in [0.25, 0.3) is 11.4 Å². The lowest BCUT2D eigenvalue weighted by Crippen LogP contribution is -2.48. The fourth-order valence-corrected chi connectivity index (χ4v) is 11.8. The average Bonchev–Trinajstić information content (AvgIpc) is 4.06. The number of non-ortho nitro benzene ring substituents is 2. The summed E-state index contributed by atoms with van der Waals surface area (Å²) < 4.78 is 76.0. The summed E-state index contributed by atoms with van der Waals surface area (Å²) in [6.07, 6.45) is 0. The van der Waals surface area contributed by atoms with Crippen molar-refractivity contribution < 1.29 is 45.6 Å². The molecule has 0 spiro atoms. The lowest BCUT2D eigenvalue weighted by Gasteiger charge is -2.33. The van der Waals surface area contributed by atoms with Crippen molar-refractivity contribution in [2.24, 2.45) is 0 Å². The van der Waals surface area contributed by atoms with E-state index in [2.05, 4.69) is 0 Å². The molecule has 4 aromatic carbocycles. The summed E-state index contributed by atoms with van der Waals surface area (Å²) in [5, 5.41) is 27.5. The number of piperazine rings is 2. The summed E-state index contributed by atoms with van der Waals surface area (Å²) in [5.74, 6) is 2.63. The van der Waals surface area contributed by atoms with Gasteiger partial charge in [0.15, 0.2) is 21.8 Å². The minimum Gasteiger partial charge on any atom is -0.497 e. The Kier molecular flexibility index (Phi) is 14.7. The summed E-state index contributed by atoms with van der Waals surface area (Å²) >= 11 is 2.95. The SMILES string of the molecule is COc1ccc(-c2csc(N3CCN(S(=O)(=O)c4cccc([N+](=O)[O-])c4)CC3)n2)cc1OC.COc1ccc(OC)c(-c2csc(N3CCN(S(=O)(=O)c4cccc([N+](=O)[O-])c4)CC3)n2)c1. The number of ether oxygens (including phenoxy) is 4. The first-order valence-corrected chi connectivity index (χ1v) is 24.7. The number of aromatic nitrogens is 2. The molecule has 0 amide bonds. The van der Waals surface area contributed by atoms with Gasteiger partial charge in [0.2, 0.25) is 20.0 Å². The molecule has 2 fully saturated rings. The molecule has 20 nitrogen and oxygen atoms in total. The Hall–Kier alpha value is -6.44. The summed E-state index contributed by atoms with van der Waals surface area (Å²) in [4.78, 5) is 34.2. The van der Waals surface area contributed by atoms with Gasteiger partial charge >= 0.3 is 0 Å². The molecule has 2 saturated heterocycles. The molecule has 2 aromatic heterocycles. The van der Waals surface area contributed by atoms with Crippen LogP contribution in [0.25, 0.3) is 22.5 Å². The number of anilines is 2. The van der Waals surface area contributed by atoms with Crippen molar-refractivity contribution in [3.8, 4) is 45.5 Å². The number of benzene rings is 4. The molecular weight excluding hydrogens is 937 g/mol. The van der Waals surface area contributed by atoms with Crippen LogP contribution in [0.4, 0.5) is 21.6 Å². The second kappa shape index (κ2) is 20.4. The predicted octanol–water partition coefficient (Wildman–Crippen LogP) is 6.49. The number of rotatable bonds is 14. The number of sulfonamides is 2. The van der Waals surface area contributed by atoms with Crippen LogP contribution in [0.5, 0.6) is 23.0 Å². The monoisotopic (exact) mass is 980 g/mol. The van der Waals surface area contributed by atoms with Gasteiger partial charge in [0.1, 0.15) is 11.5 Å². The minimum atomic E-state index is -3.82. The molecule has 2 aliphatic heterocycles. The zero-order valence-corrected chi connectivity index (χ0v) is 39.3. The summed E-state index contributed by atoms with van der Waals surface area (Å²) in [5.41, 5.74) is 2.74. The molecule has 0 N–H and O–H groups in total. The van der Waals surface area contributed by atoms with Crippen molar-refractivity contribution in [2.45, 2.75) is 9.79 Å². The quantitative estimate of drug-likeness (QED) is 0.0838. The second-order valence-corrected chi connectivity index (χ2v) is 20.0. The van der Waals surface area contributed by atoms with Gasteiger partial charge < -0.3 is 28.7 Å². The number of nitrogens with zero attached hydrogens (tertiary/aromatic N) is 8. The van der Waals surface area contributed by atoms with Crippen LogP contribution in [0, 0.1) is 20.2 Å². The molecule has 24 heteroatoms. The van der Waals surface area contributed by atoms with Gasteiger partial charge in [-0.25, -0.2) is 26.8 Å². The van der Waals surface area contributed by atoms with E-state index in [0.717, 1.165) is 44.9 Å². The maximum Gasteiger partial charge on any atom is 0.270 e. The molecule has 4 heterocycles. The third-order valence-corrected chi connectivity index (χ3v) is 16.3. The van der Waals surface area contributed by atoms with Crippen LogP contribution in [-0.4, -0.2) is 126 Å². The van der Waals surface area contributed by atoms with E-state index >= 15 is 0 Å². The van der Waals surface area contributed by atoms with Gasteiger partial charge in [-0.05, 0) is 48.5 Å². The van der Waals surface area contributed by atoms with Crippen LogP contribution in [0.3, 0.4) is 0 Å². The normalized spacial score (nSPS) is 14.8. The van der Waals surface area contributed by atoms with Gasteiger partial charge in [-0.1, -0.05) is 12.1 Å². The number of thiazole rings is 2. The van der Waals surface area contributed by atoms with Crippen molar-refractivity contribution in [3.63, 3.8) is 0 Å². The minimum absolute atomic E-state index is 0.0739. The Morgan fingerprint density at radius 3 is 1.48 bits per heavy atom. The zero-order valence-electron chi connectivity index (χ0n) is 36.0. The van der Waals surface area contributed by atoms with Gasteiger partial charge in [0, 0.05) is 98.5 Å². The van der Waals surface area contributed by atoms with E-state index in [1.165, 1.54) is 67.7 Å². The molecule has 2 aliphatic rings. The number of methoxy groups -OCH3 is 4. The molecule has 0 radical (unpaired) electrons. The molecule has 66 heavy (non-hydrogen) atoms. The number of hydrogen-bond acceptors (Lipinski definition) is 18. The van der Waals surface area contributed by atoms with E-state index in [-0.39, 0.29) is 47.3 Å². The fourth-order valence-electron chi connectivity index (χ4n) is 7.14. The summed E-state index contributed by atoms with van der Waals surface area (Å²) in [6, 6.07) is 21.3. The van der Waals surface area contributed by atoms with E-state index in [4.69, 9.17) is 28.9 Å². The van der Waals surface area contributed by atoms with E-state index in [9.17, 15) is 37.1 Å². The number of nitro groups is 2. The highest BCUT2D eigenvalue weighted by molar-refractivity contribution is 7.89. The van der Waals surface area contributed by atoms with Crippen molar-refractivity contribution in [3.05, 3.63) is 116 Å². The lowest BCUT2D eigenvalue weighted by atomic mass is 10.1. The lowest BCUT2D eigenvalue weighted by molar-refractivity contribution is -0.385. The van der Waals surface area contributed by atoms with E-state index in [0.29, 0.717) is 49.2 Å². The Balaban J connectivity index is 0.000000196. The first-order valence-electron chi connectivity index (χ1n) is 20.0. The fraction of sp³-hybridized carbons (Fsp3) is 0.286. The maximum atomic E-state index is 13.0. The summed E-state index contributed by atoms with van der Waals surface area (Å²) in [6.45, 7) is 2.87. The molecule has 348 valence electrons. The number of nitro benzene ring substituents is 2. The maximum absolute atomic E-state index is 13.0. The molecular formula is C42H44N8O12S4. The van der Waals surface area contributed by atoms with Crippen molar-refractivity contribution in [2.75, 3.05) is 90.6 Å². The first-order chi connectivity index (χ1) is 31.7. The van der Waals surface area contributed by atoms with Crippen LogP contribution >= 0.6 is 22.7 Å². The highest BCUT2D eigenvalue weighted by Crippen LogP contribution is 2.37. The zero-order chi connectivity index (χ0) is 47.2. The highest BCUT2D eigenvalue weighted by atomic mass is 32.2. The van der Waals surface area contributed by atoms with Crippen molar-refractivity contribution >= 4 is 64.4 Å². The standard InChI is InChI=1S/2C21H22N4O6S2/c1-30-19-7-6-15(12-20(19)31-2)18-14-32-21(22-18)23-8-10-24(11-9-23)33(28,29)17-5-3-4-16(13-17)25(26)27;1-30-16-6-7-20(31-2)18(13-16)19-14-32-21(22-19)23-8-10-24(11-9-23)33(28,29)17-5-3-4-15(12-17)25(26)27/h2*3-7,12-14H,8-11H2,1-2H3. The van der Waals surface area contributed by atoms with Gasteiger partial charge in [-0.2, -0.15) is 8.61 Å². The van der Waals surface area contributed by atoms with Crippen LogP contribution in [0.1, 0.15) is 0 Å².